The molecular weight excluding hydrogens is 494 g/mol. The van der Waals surface area contributed by atoms with Gasteiger partial charge in [0.2, 0.25) is 5.91 Å². The van der Waals surface area contributed by atoms with Gasteiger partial charge in [-0.25, -0.2) is 8.42 Å². The van der Waals surface area contributed by atoms with Crippen LogP contribution in [0.15, 0.2) is 71.6 Å². The number of carbonyl (C=O) groups is 1. The van der Waals surface area contributed by atoms with Crippen molar-refractivity contribution in [3.05, 3.63) is 94.0 Å². The third-order valence-electron chi connectivity index (χ3n) is 6.45. The number of sulfonamides is 1. The van der Waals surface area contributed by atoms with Gasteiger partial charge in [0.05, 0.1) is 10.6 Å². The Morgan fingerprint density at radius 3 is 2.25 bits per heavy atom. The average Bonchev–Trinajstić information content (AvgIpc) is 3.37. The lowest BCUT2D eigenvalue weighted by molar-refractivity contribution is -0.119. The highest BCUT2D eigenvalue weighted by atomic mass is 35.5. The van der Waals surface area contributed by atoms with Crippen LogP contribution in [-0.2, 0) is 27.9 Å². The monoisotopic (exact) mass is 525 g/mol. The highest BCUT2D eigenvalue weighted by Gasteiger charge is 2.28. The van der Waals surface area contributed by atoms with Gasteiger partial charge in [0, 0.05) is 18.1 Å². The predicted molar refractivity (Wildman–Crippen MR) is 145 cm³/mol. The minimum absolute atomic E-state index is 0.119. The summed E-state index contributed by atoms with van der Waals surface area (Å²) in [5.74, 6) is -0.397. The molecule has 36 heavy (non-hydrogen) atoms. The molecule has 1 saturated heterocycles. The molecule has 1 heterocycles. The van der Waals surface area contributed by atoms with E-state index in [9.17, 15) is 13.2 Å². The molecule has 3 aromatic carbocycles. The molecule has 1 N–H and O–H groups in total. The SMILES string of the molecule is Cc1ccc(S(=O)(=O)N(CC(=O)NCc2ccc(CN3CCCC3)cc2)c2cc(Cl)ccc2C)cc1. The summed E-state index contributed by atoms with van der Waals surface area (Å²) in [4.78, 5) is 15.5. The Hall–Kier alpha value is -2.87. The highest BCUT2D eigenvalue weighted by Crippen LogP contribution is 2.29. The van der Waals surface area contributed by atoms with Crippen molar-refractivity contribution in [3.8, 4) is 0 Å². The van der Waals surface area contributed by atoms with Crippen LogP contribution in [-0.4, -0.2) is 38.9 Å². The summed E-state index contributed by atoms with van der Waals surface area (Å²) in [5, 5.41) is 3.27. The van der Waals surface area contributed by atoms with Gasteiger partial charge in [-0.15, -0.1) is 0 Å². The fourth-order valence-electron chi connectivity index (χ4n) is 4.34. The number of hydrogen-bond acceptors (Lipinski definition) is 4. The number of halogens is 1. The number of likely N-dealkylation sites (tertiary alicyclic amines) is 1. The lowest BCUT2D eigenvalue weighted by Gasteiger charge is -2.26. The molecule has 0 bridgehead atoms. The quantitative estimate of drug-likeness (QED) is 0.424. The Kier molecular flexibility index (Phi) is 8.34. The summed E-state index contributed by atoms with van der Waals surface area (Å²) in [7, 11) is -4.00. The Bertz CT molecular complexity index is 1300. The normalized spacial score (nSPS) is 14.1. The van der Waals surface area contributed by atoms with Crippen molar-refractivity contribution in [3.63, 3.8) is 0 Å². The van der Waals surface area contributed by atoms with Crippen LogP contribution < -0.4 is 9.62 Å². The molecule has 1 aliphatic rings. The number of benzene rings is 3. The fraction of sp³-hybridized carbons (Fsp3) is 0.321. The zero-order valence-corrected chi connectivity index (χ0v) is 22.3. The van der Waals surface area contributed by atoms with E-state index in [4.69, 9.17) is 11.6 Å². The summed E-state index contributed by atoms with van der Waals surface area (Å²) in [6, 6.07) is 19.8. The molecule has 190 valence electrons. The van der Waals surface area contributed by atoms with E-state index in [-0.39, 0.29) is 11.4 Å². The second-order valence-corrected chi connectivity index (χ2v) is 11.6. The zero-order chi connectivity index (χ0) is 25.7. The molecule has 1 amide bonds. The molecule has 4 rings (SSSR count). The van der Waals surface area contributed by atoms with Crippen molar-refractivity contribution in [1.29, 1.82) is 0 Å². The summed E-state index contributed by atoms with van der Waals surface area (Å²) >= 11 is 6.20. The van der Waals surface area contributed by atoms with Crippen LogP contribution in [0.4, 0.5) is 5.69 Å². The second-order valence-electron chi connectivity index (χ2n) is 9.33. The predicted octanol–water partition coefficient (Wildman–Crippen LogP) is 5.06. The first-order valence-corrected chi connectivity index (χ1v) is 14.0. The van der Waals surface area contributed by atoms with E-state index in [2.05, 4.69) is 22.3 Å². The van der Waals surface area contributed by atoms with Crippen molar-refractivity contribution in [1.82, 2.24) is 10.2 Å². The van der Waals surface area contributed by atoms with E-state index in [1.807, 2.05) is 19.1 Å². The van der Waals surface area contributed by atoms with Crippen LogP contribution in [0.5, 0.6) is 0 Å². The van der Waals surface area contributed by atoms with E-state index < -0.39 is 15.9 Å². The molecule has 1 aliphatic heterocycles. The topological polar surface area (TPSA) is 69.7 Å². The highest BCUT2D eigenvalue weighted by molar-refractivity contribution is 7.92. The van der Waals surface area contributed by atoms with Gasteiger partial charge in [0.15, 0.2) is 0 Å². The largest absolute Gasteiger partial charge is 0.350 e. The lowest BCUT2D eigenvalue weighted by atomic mass is 10.1. The van der Waals surface area contributed by atoms with Gasteiger partial charge in [-0.2, -0.15) is 0 Å². The number of carbonyl (C=O) groups excluding carboxylic acids is 1. The number of anilines is 1. The Balaban J connectivity index is 1.48. The first-order valence-electron chi connectivity index (χ1n) is 12.1. The maximum atomic E-state index is 13.6. The molecule has 1 fully saturated rings. The minimum atomic E-state index is -4.00. The first kappa shape index (κ1) is 26.2. The van der Waals surface area contributed by atoms with Crippen molar-refractivity contribution >= 4 is 33.2 Å². The molecule has 8 heteroatoms. The van der Waals surface area contributed by atoms with Gasteiger partial charge in [-0.05, 0) is 80.7 Å². The second kappa shape index (κ2) is 11.5. The molecule has 0 radical (unpaired) electrons. The van der Waals surface area contributed by atoms with Crippen molar-refractivity contribution in [2.24, 2.45) is 0 Å². The van der Waals surface area contributed by atoms with E-state index in [0.29, 0.717) is 22.8 Å². The minimum Gasteiger partial charge on any atom is -0.350 e. The van der Waals surface area contributed by atoms with Crippen LogP contribution in [0.1, 0.15) is 35.1 Å². The van der Waals surface area contributed by atoms with E-state index in [1.165, 1.54) is 18.4 Å². The van der Waals surface area contributed by atoms with E-state index in [0.717, 1.165) is 35.1 Å². The van der Waals surface area contributed by atoms with Gasteiger partial charge < -0.3 is 5.32 Å². The fourth-order valence-corrected chi connectivity index (χ4v) is 5.98. The summed E-state index contributed by atoms with van der Waals surface area (Å²) in [5.41, 5.74) is 4.24. The van der Waals surface area contributed by atoms with Crippen molar-refractivity contribution in [2.75, 3.05) is 23.9 Å². The van der Waals surface area contributed by atoms with Crippen LogP contribution >= 0.6 is 11.6 Å². The molecule has 3 aromatic rings. The summed E-state index contributed by atoms with van der Waals surface area (Å²) < 4.78 is 28.3. The number of nitrogens with one attached hydrogen (secondary N) is 1. The van der Waals surface area contributed by atoms with Crippen LogP contribution in [0.2, 0.25) is 5.02 Å². The molecule has 0 spiro atoms. The molecule has 0 unspecified atom stereocenters. The number of aryl methyl sites for hydroxylation is 2. The van der Waals surface area contributed by atoms with Crippen molar-refractivity contribution < 1.29 is 13.2 Å². The Labute approximate surface area is 218 Å². The lowest BCUT2D eigenvalue weighted by Crippen LogP contribution is -2.41. The standard InChI is InChI=1S/C28H32ClN3O3S/c1-21-5-13-26(14-6-21)36(34,35)32(27-17-25(29)12-7-22(27)2)20-28(33)30-18-23-8-10-24(11-9-23)19-31-15-3-4-16-31/h5-14,17H,3-4,15-16,18-20H2,1-2H3,(H,30,33). The van der Waals surface area contributed by atoms with Crippen LogP contribution in [0.3, 0.4) is 0 Å². The van der Waals surface area contributed by atoms with Gasteiger partial charge in [0.25, 0.3) is 10.0 Å². The molecule has 6 nitrogen and oxygen atoms in total. The van der Waals surface area contributed by atoms with E-state index >= 15 is 0 Å². The smallest absolute Gasteiger partial charge is 0.264 e. The van der Waals surface area contributed by atoms with Crippen LogP contribution in [0, 0.1) is 13.8 Å². The van der Waals surface area contributed by atoms with Gasteiger partial charge in [0.1, 0.15) is 6.54 Å². The number of nitrogens with zero attached hydrogens (tertiary/aromatic N) is 2. The van der Waals surface area contributed by atoms with Gasteiger partial charge >= 0.3 is 0 Å². The maximum absolute atomic E-state index is 13.6. The van der Waals surface area contributed by atoms with Gasteiger partial charge in [-0.3, -0.25) is 14.0 Å². The summed E-state index contributed by atoms with van der Waals surface area (Å²) in [6.45, 7) is 6.88. The average molecular weight is 526 g/mol. The van der Waals surface area contributed by atoms with E-state index in [1.54, 1.807) is 49.4 Å². The molecule has 0 aromatic heterocycles. The number of rotatable bonds is 9. The molecule has 0 aliphatic carbocycles. The molecular formula is C28H32ClN3O3S. The summed E-state index contributed by atoms with van der Waals surface area (Å²) in [6.07, 6.45) is 2.52. The first-order chi connectivity index (χ1) is 17.2. The Morgan fingerprint density at radius 2 is 1.58 bits per heavy atom. The number of amides is 1. The molecule has 0 atom stereocenters. The van der Waals surface area contributed by atoms with Crippen molar-refractivity contribution in [2.45, 2.75) is 44.7 Å². The van der Waals surface area contributed by atoms with Crippen LogP contribution in [0.25, 0.3) is 0 Å². The maximum Gasteiger partial charge on any atom is 0.264 e. The Morgan fingerprint density at radius 1 is 0.944 bits per heavy atom. The third kappa shape index (κ3) is 6.46. The third-order valence-corrected chi connectivity index (χ3v) is 8.46. The number of hydrogen-bond donors (Lipinski definition) is 1. The zero-order valence-electron chi connectivity index (χ0n) is 20.7. The van der Waals surface area contributed by atoms with Gasteiger partial charge in [-0.1, -0.05) is 59.6 Å². The molecule has 0 saturated carbocycles.